The summed E-state index contributed by atoms with van der Waals surface area (Å²) in [4.78, 5) is 19.2. The molecule has 26 heavy (non-hydrogen) atoms. The Bertz CT molecular complexity index is 987. The van der Waals surface area contributed by atoms with Gasteiger partial charge in [-0.3, -0.25) is 9.48 Å². The molecule has 1 atom stereocenters. The first-order chi connectivity index (χ1) is 12.2. The van der Waals surface area contributed by atoms with E-state index in [2.05, 4.69) is 15.1 Å². The molecule has 3 rings (SSSR count). The highest BCUT2D eigenvalue weighted by molar-refractivity contribution is 5.77. The van der Waals surface area contributed by atoms with Gasteiger partial charge < -0.3 is 4.98 Å². The molecule has 2 aromatic heterocycles. The average Bonchev–Trinajstić information content (AvgIpc) is 2.91. The van der Waals surface area contributed by atoms with Crippen LogP contribution in [0.5, 0.6) is 0 Å². The summed E-state index contributed by atoms with van der Waals surface area (Å²) in [5.74, 6) is 0.189. The van der Waals surface area contributed by atoms with E-state index >= 15 is 0 Å². The first kappa shape index (κ1) is 18.2. The fraction of sp³-hybridized carbons (Fsp3) is 0.389. The van der Waals surface area contributed by atoms with E-state index in [9.17, 15) is 18.0 Å². The molecule has 5 nitrogen and oxygen atoms in total. The summed E-state index contributed by atoms with van der Waals surface area (Å²) in [5.41, 5.74) is 2.50. The minimum atomic E-state index is -4.33. The summed E-state index contributed by atoms with van der Waals surface area (Å²) >= 11 is 0. The zero-order valence-corrected chi connectivity index (χ0v) is 14.7. The lowest BCUT2D eigenvalue weighted by atomic mass is 9.96. The highest BCUT2D eigenvalue weighted by atomic mass is 19.4. The van der Waals surface area contributed by atoms with Gasteiger partial charge >= 0.3 is 6.18 Å². The highest BCUT2D eigenvalue weighted by Crippen LogP contribution is 2.29. The second kappa shape index (κ2) is 6.59. The van der Waals surface area contributed by atoms with E-state index in [1.807, 2.05) is 38.1 Å². The van der Waals surface area contributed by atoms with Crippen LogP contribution in [-0.2, 0) is 6.54 Å². The van der Waals surface area contributed by atoms with Crippen molar-refractivity contribution in [3.63, 3.8) is 0 Å². The lowest BCUT2D eigenvalue weighted by Crippen LogP contribution is -2.17. The molecule has 0 spiro atoms. The Morgan fingerprint density at radius 2 is 1.85 bits per heavy atom. The van der Waals surface area contributed by atoms with Crippen LogP contribution in [0.1, 0.15) is 41.9 Å². The molecule has 0 fully saturated rings. The molecule has 138 valence electrons. The van der Waals surface area contributed by atoms with Crippen molar-refractivity contribution in [2.24, 2.45) is 0 Å². The van der Waals surface area contributed by atoms with Crippen molar-refractivity contribution in [2.45, 2.75) is 45.8 Å². The fourth-order valence-electron chi connectivity index (χ4n) is 2.92. The van der Waals surface area contributed by atoms with E-state index in [1.165, 1.54) is 0 Å². The molecule has 2 heterocycles. The van der Waals surface area contributed by atoms with Crippen LogP contribution in [0.25, 0.3) is 11.0 Å². The molecule has 8 heteroatoms. The predicted molar refractivity (Wildman–Crippen MR) is 92.3 cm³/mol. The van der Waals surface area contributed by atoms with Gasteiger partial charge in [-0.05, 0) is 19.4 Å². The van der Waals surface area contributed by atoms with E-state index in [1.54, 1.807) is 6.92 Å². The first-order valence-corrected chi connectivity index (χ1v) is 8.26. The molecule has 0 radical (unpaired) electrons. The Morgan fingerprint density at radius 1 is 1.19 bits per heavy atom. The number of alkyl halides is 3. The van der Waals surface area contributed by atoms with E-state index in [0.717, 1.165) is 15.8 Å². The van der Waals surface area contributed by atoms with Gasteiger partial charge in [-0.15, -0.1) is 0 Å². The van der Waals surface area contributed by atoms with Crippen LogP contribution >= 0.6 is 0 Å². The number of nitrogens with one attached hydrogen (secondary N) is 1. The van der Waals surface area contributed by atoms with Crippen molar-refractivity contribution in [3.8, 4) is 0 Å². The minimum absolute atomic E-state index is 0.0776. The monoisotopic (exact) mass is 364 g/mol. The fourth-order valence-corrected chi connectivity index (χ4v) is 2.92. The van der Waals surface area contributed by atoms with E-state index in [-0.39, 0.29) is 11.4 Å². The summed E-state index contributed by atoms with van der Waals surface area (Å²) in [5, 5.41) is 4.33. The summed E-state index contributed by atoms with van der Waals surface area (Å²) in [7, 11) is 0. The minimum Gasteiger partial charge on any atom is -0.309 e. The van der Waals surface area contributed by atoms with E-state index in [0.29, 0.717) is 17.0 Å². The molecule has 3 aromatic rings. The average molecular weight is 364 g/mol. The number of nitrogens with zero attached hydrogens (tertiary/aromatic N) is 3. The summed E-state index contributed by atoms with van der Waals surface area (Å²) in [6, 6.07) is 7.81. The van der Waals surface area contributed by atoms with Gasteiger partial charge in [0.05, 0.1) is 18.7 Å². The third-order valence-electron chi connectivity index (χ3n) is 4.34. The van der Waals surface area contributed by atoms with Gasteiger partial charge in [0.2, 0.25) is 0 Å². The zero-order valence-electron chi connectivity index (χ0n) is 14.7. The molecular formula is C18H19F3N4O. The molecule has 1 N–H and O–H groups in total. The molecular weight excluding hydrogens is 345 g/mol. The topological polar surface area (TPSA) is 63.6 Å². The Kier molecular flexibility index (Phi) is 4.60. The predicted octanol–water partition coefficient (Wildman–Crippen LogP) is 3.84. The van der Waals surface area contributed by atoms with Crippen LogP contribution in [0.4, 0.5) is 13.2 Å². The lowest BCUT2D eigenvalue weighted by Gasteiger charge is -2.10. The number of benzene rings is 1. The van der Waals surface area contributed by atoms with Crippen LogP contribution in [0.2, 0.25) is 0 Å². The molecule has 0 aliphatic carbocycles. The van der Waals surface area contributed by atoms with Crippen molar-refractivity contribution in [3.05, 3.63) is 57.3 Å². The van der Waals surface area contributed by atoms with Gasteiger partial charge in [-0.1, -0.05) is 36.8 Å². The van der Waals surface area contributed by atoms with Crippen LogP contribution in [0.3, 0.4) is 0 Å². The lowest BCUT2D eigenvalue weighted by molar-refractivity contribution is -0.137. The van der Waals surface area contributed by atoms with Crippen LogP contribution in [0.15, 0.2) is 29.1 Å². The van der Waals surface area contributed by atoms with E-state index < -0.39 is 24.7 Å². The van der Waals surface area contributed by atoms with Crippen molar-refractivity contribution in [1.82, 2.24) is 19.7 Å². The van der Waals surface area contributed by atoms with Crippen LogP contribution in [-0.4, -0.2) is 25.9 Å². The third-order valence-corrected chi connectivity index (χ3v) is 4.34. The molecule has 1 unspecified atom stereocenters. The molecule has 0 amide bonds. The number of aromatic nitrogens is 4. The van der Waals surface area contributed by atoms with Gasteiger partial charge in [-0.25, -0.2) is 4.98 Å². The molecule has 0 saturated carbocycles. The molecule has 0 aliphatic rings. The molecule has 0 bridgehead atoms. The van der Waals surface area contributed by atoms with Gasteiger partial charge in [0.15, 0.2) is 5.52 Å². The number of fused-ring (bicyclic) bond motifs is 1. The Balaban J connectivity index is 2.12. The normalized spacial score (nSPS) is 13.3. The van der Waals surface area contributed by atoms with Crippen LogP contribution < -0.4 is 5.56 Å². The SMILES string of the molecule is Cc1ccc(C(C)c2nn(CCC(F)(F)F)c3c(=O)[nH]c(C)nc23)cc1. The maximum absolute atomic E-state index is 12.6. The molecule has 0 aliphatic heterocycles. The number of hydrogen-bond donors (Lipinski definition) is 1. The number of rotatable bonds is 4. The van der Waals surface area contributed by atoms with Crippen molar-refractivity contribution < 1.29 is 13.2 Å². The Labute approximate surface area is 147 Å². The van der Waals surface area contributed by atoms with Gasteiger partial charge in [-0.2, -0.15) is 18.3 Å². The maximum Gasteiger partial charge on any atom is 0.390 e. The summed E-state index contributed by atoms with van der Waals surface area (Å²) in [6.45, 7) is 5.08. The van der Waals surface area contributed by atoms with Crippen molar-refractivity contribution in [1.29, 1.82) is 0 Å². The number of hydrogen-bond acceptors (Lipinski definition) is 3. The number of aromatic amines is 1. The molecule has 0 saturated heterocycles. The highest BCUT2D eigenvalue weighted by Gasteiger charge is 2.29. The quantitative estimate of drug-likeness (QED) is 0.765. The smallest absolute Gasteiger partial charge is 0.309 e. The van der Waals surface area contributed by atoms with Gasteiger partial charge in [0, 0.05) is 5.92 Å². The zero-order chi connectivity index (χ0) is 19.1. The number of H-pyrrole nitrogens is 1. The van der Waals surface area contributed by atoms with Crippen molar-refractivity contribution >= 4 is 11.0 Å². The number of aryl methyl sites for hydroxylation is 3. The Hall–Kier alpha value is -2.64. The Morgan fingerprint density at radius 3 is 2.46 bits per heavy atom. The standard InChI is InChI=1S/C18H19F3N4O/c1-10-4-6-13(7-5-10)11(2)14-15-16(17(26)23-12(3)22-15)25(24-14)9-8-18(19,20)21/h4-7,11H,8-9H2,1-3H3,(H,22,23,26). The third kappa shape index (κ3) is 3.63. The maximum atomic E-state index is 12.6. The number of halogens is 3. The first-order valence-electron chi connectivity index (χ1n) is 8.26. The second-order valence-corrected chi connectivity index (χ2v) is 6.45. The summed E-state index contributed by atoms with van der Waals surface area (Å²) < 4.78 is 39.0. The largest absolute Gasteiger partial charge is 0.390 e. The van der Waals surface area contributed by atoms with E-state index in [4.69, 9.17) is 0 Å². The van der Waals surface area contributed by atoms with Crippen LogP contribution in [0, 0.1) is 13.8 Å². The van der Waals surface area contributed by atoms with Crippen molar-refractivity contribution in [2.75, 3.05) is 0 Å². The van der Waals surface area contributed by atoms with Gasteiger partial charge in [0.1, 0.15) is 11.3 Å². The second-order valence-electron chi connectivity index (χ2n) is 6.45. The molecule has 1 aromatic carbocycles. The summed E-state index contributed by atoms with van der Waals surface area (Å²) in [6.07, 6.45) is -5.39. The van der Waals surface area contributed by atoms with Gasteiger partial charge in [0.25, 0.3) is 5.56 Å².